The topological polar surface area (TPSA) is 75.3 Å². The summed E-state index contributed by atoms with van der Waals surface area (Å²) in [5, 5.41) is 10.00. The first-order chi connectivity index (χ1) is 11.6. The van der Waals surface area contributed by atoms with Crippen LogP contribution in [0, 0.1) is 16.7 Å². The van der Waals surface area contributed by atoms with Crippen LogP contribution in [0.5, 0.6) is 0 Å². The van der Waals surface area contributed by atoms with E-state index < -0.39 is 5.97 Å². The van der Waals surface area contributed by atoms with Gasteiger partial charge >= 0.3 is 5.97 Å². The minimum atomic E-state index is -0.741. The van der Waals surface area contributed by atoms with Gasteiger partial charge < -0.3 is 5.11 Å². The second kappa shape index (κ2) is 6.67. The molecule has 1 aromatic rings. The summed E-state index contributed by atoms with van der Waals surface area (Å²) in [6.45, 7) is 9.88. The van der Waals surface area contributed by atoms with Crippen molar-refractivity contribution in [3.8, 4) is 0 Å². The molecule has 140 valence electrons. The highest BCUT2D eigenvalue weighted by molar-refractivity contribution is 7.12. The summed E-state index contributed by atoms with van der Waals surface area (Å²) < 4.78 is 0. The van der Waals surface area contributed by atoms with Crippen LogP contribution >= 0.6 is 11.3 Å². The number of nitrogens with two attached hydrogens (primary N) is 1. The summed E-state index contributed by atoms with van der Waals surface area (Å²) in [6, 6.07) is 0. The molecular weight excluding hydrogens is 332 g/mol. The fourth-order valence-electron chi connectivity index (χ4n) is 4.88. The molecule has 0 saturated heterocycles. The molecule has 1 fully saturated rings. The number of carboxylic acid groups (broad SMARTS) is 1. The molecule has 0 aliphatic heterocycles. The van der Waals surface area contributed by atoms with Crippen molar-refractivity contribution in [2.24, 2.45) is 22.6 Å². The van der Waals surface area contributed by atoms with Gasteiger partial charge in [-0.3, -0.25) is 11.3 Å². The highest BCUT2D eigenvalue weighted by atomic mass is 32.1. The summed E-state index contributed by atoms with van der Waals surface area (Å²) in [7, 11) is 0. The predicted octanol–water partition coefficient (Wildman–Crippen LogP) is 4.33. The molecule has 2 aliphatic carbocycles. The molecule has 4 nitrogen and oxygen atoms in total. The van der Waals surface area contributed by atoms with Crippen LogP contribution in [0.15, 0.2) is 0 Å². The molecule has 0 amide bonds. The minimum absolute atomic E-state index is 0.197. The van der Waals surface area contributed by atoms with Crippen LogP contribution < -0.4 is 11.3 Å². The number of fused-ring (bicyclic) bond motifs is 1. The van der Waals surface area contributed by atoms with E-state index in [9.17, 15) is 9.90 Å². The van der Waals surface area contributed by atoms with Gasteiger partial charge in [0.05, 0.1) is 5.56 Å². The third-order valence-corrected chi connectivity index (χ3v) is 7.67. The number of nitrogens with one attached hydrogen (secondary N) is 1. The number of hydrogen-bond acceptors (Lipinski definition) is 4. The van der Waals surface area contributed by atoms with E-state index in [0.29, 0.717) is 22.8 Å². The third-order valence-electron chi connectivity index (χ3n) is 6.25. The van der Waals surface area contributed by atoms with Gasteiger partial charge in [-0.15, -0.1) is 11.3 Å². The average molecular weight is 365 g/mol. The summed E-state index contributed by atoms with van der Waals surface area (Å²) >= 11 is 1.78. The van der Waals surface area contributed by atoms with Crippen LogP contribution in [0.1, 0.15) is 85.0 Å². The summed E-state index contributed by atoms with van der Waals surface area (Å²) in [6.07, 6.45) is 6.34. The first-order valence-electron chi connectivity index (χ1n) is 9.45. The molecule has 0 radical (unpaired) electrons. The van der Waals surface area contributed by atoms with Crippen molar-refractivity contribution in [1.29, 1.82) is 0 Å². The summed E-state index contributed by atoms with van der Waals surface area (Å²) in [4.78, 5) is 14.6. The van der Waals surface area contributed by atoms with Crippen LogP contribution in [-0.2, 0) is 12.8 Å². The zero-order valence-electron chi connectivity index (χ0n) is 15.9. The van der Waals surface area contributed by atoms with Gasteiger partial charge in [0.25, 0.3) is 0 Å². The molecule has 4 N–H and O–H groups in total. The van der Waals surface area contributed by atoms with Gasteiger partial charge in [0.1, 0.15) is 0 Å². The van der Waals surface area contributed by atoms with Crippen LogP contribution in [0.2, 0.25) is 0 Å². The van der Waals surface area contributed by atoms with Crippen molar-refractivity contribution in [1.82, 2.24) is 5.43 Å². The number of hydrazine groups is 1. The van der Waals surface area contributed by atoms with Crippen LogP contribution in [-0.4, -0.2) is 17.6 Å². The second-order valence-electron chi connectivity index (χ2n) is 9.57. The highest BCUT2D eigenvalue weighted by Crippen LogP contribution is 2.51. The maximum absolute atomic E-state index is 12.2. The molecule has 1 heterocycles. The van der Waals surface area contributed by atoms with Gasteiger partial charge in [0.2, 0.25) is 0 Å². The zero-order chi connectivity index (χ0) is 18.4. The van der Waals surface area contributed by atoms with Crippen molar-refractivity contribution >= 4 is 17.3 Å². The standard InChI is InChI=1S/C20H32N2O2S/c1-19(2)7-5-13(12(9-19)11-22-21)17-16(18(23)24)14-10-20(3,4)8-6-15(14)25-17/h12-13,22H,5-11,21H2,1-4H3,(H,23,24)/t12-,13-/m0/s1. The monoisotopic (exact) mass is 364 g/mol. The van der Waals surface area contributed by atoms with Crippen LogP contribution in [0.25, 0.3) is 0 Å². The van der Waals surface area contributed by atoms with Crippen molar-refractivity contribution in [2.75, 3.05) is 6.54 Å². The number of hydrogen-bond donors (Lipinski definition) is 3. The molecule has 0 unspecified atom stereocenters. The Morgan fingerprint density at radius 1 is 1.28 bits per heavy atom. The fourth-order valence-corrected chi connectivity index (χ4v) is 6.43. The number of aromatic carboxylic acids is 1. The molecule has 0 aromatic carbocycles. The fraction of sp³-hybridized carbons (Fsp3) is 0.750. The molecule has 0 spiro atoms. The smallest absolute Gasteiger partial charge is 0.337 e. The number of thiophene rings is 1. The third kappa shape index (κ3) is 3.79. The quantitative estimate of drug-likeness (QED) is 0.549. The molecule has 5 heteroatoms. The van der Waals surface area contributed by atoms with Crippen LogP contribution in [0.4, 0.5) is 0 Å². The van der Waals surface area contributed by atoms with Crippen molar-refractivity contribution < 1.29 is 9.90 Å². The Kier molecular flexibility index (Phi) is 5.04. The molecule has 2 atom stereocenters. The maximum atomic E-state index is 12.2. The Bertz CT molecular complexity index is 663. The Balaban J connectivity index is 2.02. The van der Waals surface area contributed by atoms with E-state index in [-0.39, 0.29) is 5.41 Å². The highest BCUT2D eigenvalue weighted by Gasteiger charge is 2.40. The van der Waals surface area contributed by atoms with Gasteiger partial charge in [0.15, 0.2) is 0 Å². The molecule has 3 rings (SSSR count). The van der Waals surface area contributed by atoms with E-state index in [2.05, 4.69) is 33.1 Å². The number of rotatable bonds is 4. The first kappa shape index (κ1) is 18.9. The van der Waals surface area contributed by atoms with Gasteiger partial charge in [-0.2, -0.15) is 0 Å². The molecule has 1 saturated carbocycles. The minimum Gasteiger partial charge on any atom is -0.478 e. The molecule has 0 bridgehead atoms. The van der Waals surface area contributed by atoms with E-state index in [1.54, 1.807) is 11.3 Å². The van der Waals surface area contributed by atoms with E-state index in [1.165, 1.54) is 4.88 Å². The van der Waals surface area contributed by atoms with Crippen molar-refractivity contribution in [2.45, 2.75) is 72.1 Å². The van der Waals surface area contributed by atoms with Crippen molar-refractivity contribution in [3.63, 3.8) is 0 Å². The second-order valence-corrected chi connectivity index (χ2v) is 10.7. The van der Waals surface area contributed by atoms with E-state index >= 15 is 0 Å². The lowest BCUT2D eigenvalue weighted by molar-refractivity contribution is 0.0691. The normalized spacial score (nSPS) is 27.7. The lowest BCUT2D eigenvalue weighted by Gasteiger charge is -2.40. The molecule has 2 aliphatic rings. The first-order valence-corrected chi connectivity index (χ1v) is 10.3. The maximum Gasteiger partial charge on any atom is 0.337 e. The number of carbonyl (C=O) groups is 1. The summed E-state index contributed by atoms with van der Waals surface area (Å²) in [5.41, 5.74) is 5.10. The van der Waals surface area contributed by atoms with Gasteiger partial charge in [-0.25, -0.2) is 4.79 Å². The number of aryl methyl sites for hydroxylation is 1. The molecule has 25 heavy (non-hydrogen) atoms. The van der Waals surface area contributed by atoms with Gasteiger partial charge in [-0.05, 0) is 66.8 Å². The Labute approximate surface area is 155 Å². The van der Waals surface area contributed by atoms with E-state index in [4.69, 9.17) is 5.84 Å². The van der Waals surface area contributed by atoms with Gasteiger partial charge in [0, 0.05) is 16.3 Å². The Hall–Kier alpha value is -0.910. The summed E-state index contributed by atoms with van der Waals surface area (Å²) in [5.74, 6) is 5.63. The van der Waals surface area contributed by atoms with Crippen LogP contribution in [0.3, 0.4) is 0 Å². The predicted molar refractivity (Wildman–Crippen MR) is 103 cm³/mol. The molecule has 1 aromatic heterocycles. The average Bonchev–Trinajstić information content (AvgIpc) is 2.84. The van der Waals surface area contributed by atoms with Gasteiger partial charge in [-0.1, -0.05) is 27.7 Å². The molecular formula is C20H32N2O2S. The Morgan fingerprint density at radius 2 is 2.00 bits per heavy atom. The van der Waals surface area contributed by atoms with E-state index in [0.717, 1.165) is 55.5 Å². The van der Waals surface area contributed by atoms with E-state index in [1.807, 2.05) is 0 Å². The van der Waals surface area contributed by atoms with Crippen molar-refractivity contribution in [3.05, 3.63) is 20.9 Å². The Morgan fingerprint density at radius 3 is 2.64 bits per heavy atom. The largest absolute Gasteiger partial charge is 0.478 e. The lowest BCUT2D eigenvalue weighted by atomic mass is 9.66. The zero-order valence-corrected chi connectivity index (χ0v) is 16.8. The lowest BCUT2D eigenvalue weighted by Crippen LogP contribution is -2.38. The number of carboxylic acids is 1. The SMILES string of the molecule is CC1(C)CCc2sc([C@H]3CCC(C)(C)C[C@H]3CNN)c(C(=O)O)c2C1.